The molecule has 1 aromatic heterocycles. The Morgan fingerprint density at radius 3 is 2.29 bits per heavy atom. The van der Waals surface area contributed by atoms with Gasteiger partial charge in [0.1, 0.15) is 5.69 Å². The number of hydrogen-bond donors (Lipinski definition) is 3. The molecule has 2 amide bonds. The van der Waals surface area contributed by atoms with E-state index in [4.69, 9.17) is 28.8 Å². The zero-order chi connectivity index (χ0) is 30.4. The molecule has 3 unspecified atom stereocenters. The summed E-state index contributed by atoms with van der Waals surface area (Å²) in [6, 6.07) is 9.80. The van der Waals surface area contributed by atoms with Crippen LogP contribution in [0.15, 0.2) is 30.3 Å². The quantitative estimate of drug-likeness (QED) is 0.441. The van der Waals surface area contributed by atoms with Gasteiger partial charge in [-0.15, -0.1) is 0 Å². The van der Waals surface area contributed by atoms with Crippen molar-refractivity contribution < 1.29 is 46.8 Å². The third-order valence-electron chi connectivity index (χ3n) is 7.55. The number of fused-ring (bicyclic) bond motifs is 1. The van der Waals surface area contributed by atoms with Crippen LogP contribution in [0.4, 0.5) is 23.7 Å². The average Bonchev–Trinajstić information content (AvgIpc) is 3.29. The van der Waals surface area contributed by atoms with Crippen molar-refractivity contribution in [1.29, 1.82) is 0 Å². The van der Waals surface area contributed by atoms with Gasteiger partial charge in [-0.2, -0.15) is 18.2 Å². The minimum atomic E-state index is -5.08. The predicted molar refractivity (Wildman–Crippen MR) is 143 cm³/mol. The number of anilines is 1. The standard InChI is InChI=1S/C25H34N4O5.C2HF3O2/c1-29-13-12-25(16-6-8-19(31-2)20(14-16)32-3)11-10-17(15-21(25)29)26-24(30)27-18-7-9-22(33-4)28-23(18)34-5;3-2(4,5)1(6)7/h6-9,14,17,21H,10-13,15H2,1-5H3,(H2,26,27,30);(H,6,7). The smallest absolute Gasteiger partial charge is 0.490 e. The summed E-state index contributed by atoms with van der Waals surface area (Å²) in [7, 11) is 8.54. The molecule has 3 atom stereocenters. The van der Waals surface area contributed by atoms with Gasteiger partial charge in [-0.3, -0.25) is 0 Å². The van der Waals surface area contributed by atoms with Crippen LogP contribution >= 0.6 is 0 Å². The molecule has 1 aromatic carbocycles. The topological polar surface area (TPSA) is 131 Å². The summed E-state index contributed by atoms with van der Waals surface area (Å²) in [4.78, 5) is 28.3. The molecule has 2 fully saturated rings. The van der Waals surface area contributed by atoms with Crippen LogP contribution < -0.4 is 29.6 Å². The zero-order valence-electron chi connectivity index (χ0n) is 23.5. The van der Waals surface area contributed by atoms with E-state index < -0.39 is 12.1 Å². The number of likely N-dealkylation sites (N-methyl/N-ethyl adjacent to an activating group) is 1. The molecule has 0 radical (unpaired) electrons. The second kappa shape index (κ2) is 13.1. The predicted octanol–water partition coefficient (Wildman–Crippen LogP) is 4.07. The zero-order valence-corrected chi connectivity index (χ0v) is 23.5. The molecule has 14 heteroatoms. The first-order chi connectivity index (χ1) is 19.4. The number of hydrogen-bond acceptors (Lipinski definition) is 8. The van der Waals surface area contributed by atoms with E-state index in [0.29, 0.717) is 23.5 Å². The lowest BCUT2D eigenvalue weighted by Crippen LogP contribution is -2.52. The monoisotopic (exact) mass is 584 g/mol. The highest BCUT2D eigenvalue weighted by atomic mass is 19.4. The maximum absolute atomic E-state index is 12.8. The van der Waals surface area contributed by atoms with Crippen molar-refractivity contribution in [3.05, 3.63) is 35.9 Å². The van der Waals surface area contributed by atoms with E-state index in [2.05, 4.69) is 39.7 Å². The summed E-state index contributed by atoms with van der Waals surface area (Å²) in [5, 5.41) is 13.1. The molecule has 2 aromatic rings. The van der Waals surface area contributed by atoms with Crippen LogP contribution in [0.25, 0.3) is 0 Å². The molecule has 2 aliphatic rings. The lowest BCUT2D eigenvalue weighted by molar-refractivity contribution is -0.192. The second-order valence-electron chi connectivity index (χ2n) is 9.76. The normalized spacial score (nSPS) is 22.0. The number of urea groups is 1. The highest BCUT2D eigenvalue weighted by Crippen LogP contribution is 2.49. The Labute approximate surface area is 235 Å². The van der Waals surface area contributed by atoms with Crippen LogP contribution in [-0.2, 0) is 10.2 Å². The maximum Gasteiger partial charge on any atom is 0.490 e. The first kappa shape index (κ1) is 31.6. The highest BCUT2D eigenvalue weighted by molar-refractivity contribution is 5.90. The van der Waals surface area contributed by atoms with Crippen LogP contribution in [0.5, 0.6) is 23.3 Å². The second-order valence-corrected chi connectivity index (χ2v) is 9.76. The number of amides is 2. The summed E-state index contributed by atoms with van der Waals surface area (Å²) < 4.78 is 53.2. The Morgan fingerprint density at radius 1 is 1.02 bits per heavy atom. The van der Waals surface area contributed by atoms with Crippen molar-refractivity contribution in [1.82, 2.24) is 15.2 Å². The van der Waals surface area contributed by atoms with Gasteiger partial charge in [0.05, 0.1) is 28.4 Å². The first-order valence-electron chi connectivity index (χ1n) is 12.8. The number of aromatic nitrogens is 1. The van der Waals surface area contributed by atoms with Gasteiger partial charge in [0, 0.05) is 23.6 Å². The number of alkyl halides is 3. The Hall–Kier alpha value is -3.94. The fourth-order valence-electron chi connectivity index (χ4n) is 5.53. The van der Waals surface area contributed by atoms with E-state index in [0.717, 1.165) is 43.7 Å². The molecule has 3 N–H and O–H groups in total. The third kappa shape index (κ3) is 7.23. The van der Waals surface area contributed by atoms with Gasteiger partial charge in [0.25, 0.3) is 0 Å². The molecule has 0 bridgehead atoms. The van der Waals surface area contributed by atoms with E-state index in [9.17, 15) is 18.0 Å². The molecule has 1 saturated heterocycles. The van der Waals surface area contributed by atoms with E-state index in [1.807, 2.05) is 6.07 Å². The highest BCUT2D eigenvalue weighted by Gasteiger charge is 2.50. The Kier molecular flexibility index (Phi) is 10.1. The SMILES string of the molecule is COc1ccc(NC(=O)NC2CCC3(c4ccc(OC)c(OC)c4)CCN(C)C3C2)c(OC)n1.O=C(O)C(F)(F)F. The van der Waals surface area contributed by atoms with Crippen LogP contribution in [0, 0.1) is 0 Å². The number of carboxylic acids is 1. The Balaban J connectivity index is 0.000000587. The molecule has 41 heavy (non-hydrogen) atoms. The molecule has 0 spiro atoms. The lowest BCUT2D eigenvalue weighted by Gasteiger charge is -2.45. The largest absolute Gasteiger partial charge is 0.493 e. The summed E-state index contributed by atoms with van der Waals surface area (Å²) >= 11 is 0. The molecule has 2 heterocycles. The molecule has 226 valence electrons. The first-order valence-corrected chi connectivity index (χ1v) is 12.8. The van der Waals surface area contributed by atoms with Crippen LogP contribution in [0.3, 0.4) is 0 Å². The van der Waals surface area contributed by atoms with Crippen molar-refractivity contribution in [2.75, 3.05) is 47.3 Å². The molecule has 1 aliphatic carbocycles. The van der Waals surface area contributed by atoms with Crippen molar-refractivity contribution in [2.45, 2.75) is 49.4 Å². The fourth-order valence-corrected chi connectivity index (χ4v) is 5.53. The van der Waals surface area contributed by atoms with Crippen LogP contribution in [0.1, 0.15) is 31.2 Å². The number of nitrogens with one attached hydrogen (secondary N) is 2. The summed E-state index contributed by atoms with van der Waals surface area (Å²) in [5.41, 5.74) is 1.80. The average molecular weight is 585 g/mol. The number of carboxylic acid groups (broad SMARTS) is 1. The number of benzene rings is 1. The molecular weight excluding hydrogens is 549 g/mol. The van der Waals surface area contributed by atoms with Gasteiger partial charge in [-0.1, -0.05) is 6.07 Å². The molecule has 1 aliphatic heterocycles. The number of aliphatic carboxylic acids is 1. The van der Waals surface area contributed by atoms with Crippen molar-refractivity contribution >= 4 is 17.7 Å². The van der Waals surface area contributed by atoms with Gasteiger partial charge < -0.3 is 39.6 Å². The van der Waals surface area contributed by atoms with Gasteiger partial charge in [0.2, 0.25) is 11.8 Å². The summed E-state index contributed by atoms with van der Waals surface area (Å²) in [6.07, 6.45) is -1.26. The number of pyridine rings is 1. The number of halogens is 3. The molecular formula is C27H35F3N4O7. The number of nitrogens with zero attached hydrogens (tertiary/aromatic N) is 2. The van der Waals surface area contributed by atoms with Gasteiger partial charge in [-0.25, -0.2) is 9.59 Å². The number of carbonyl (C=O) groups is 2. The van der Waals surface area contributed by atoms with Crippen LogP contribution in [0.2, 0.25) is 0 Å². The van der Waals surface area contributed by atoms with Crippen molar-refractivity contribution in [2.24, 2.45) is 0 Å². The lowest BCUT2D eigenvalue weighted by atomic mass is 9.65. The van der Waals surface area contributed by atoms with E-state index in [1.54, 1.807) is 26.4 Å². The maximum atomic E-state index is 12.8. The van der Waals surface area contributed by atoms with E-state index >= 15 is 0 Å². The fraction of sp³-hybridized carbons (Fsp3) is 0.519. The number of carbonyl (C=O) groups excluding carboxylic acids is 1. The third-order valence-corrected chi connectivity index (χ3v) is 7.55. The van der Waals surface area contributed by atoms with Gasteiger partial charge in [0.15, 0.2) is 11.5 Å². The van der Waals surface area contributed by atoms with E-state index in [1.165, 1.54) is 19.8 Å². The minimum absolute atomic E-state index is 0.0338. The molecule has 1 saturated carbocycles. The van der Waals surface area contributed by atoms with Gasteiger partial charge >= 0.3 is 18.2 Å². The number of rotatable bonds is 7. The Morgan fingerprint density at radius 2 is 1.71 bits per heavy atom. The van der Waals surface area contributed by atoms with Gasteiger partial charge in [-0.05, 0) is 63.0 Å². The number of ether oxygens (including phenoxy) is 4. The van der Waals surface area contributed by atoms with Crippen LogP contribution in [-0.4, -0.2) is 87.3 Å². The number of likely N-dealkylation sites (tertiary alicyclic amines) is 1. The summed E-state index contributed by atoms with van der Waals surface area (Å²) in [5.74, 6) is -0.537. The minimum Gasteiger partial charge on any atom is -0.493 e. The van der Waals surface area contributed by atoms with Crippen molar-refractivity contribution in [3.63, 3.8) is 0 Å². The molecule has 4 rings (SSSR count). The Bertz CT molecular complexity index is 1230. The summed E-state index contributed by atoms with van der Waals surface area (Å²) in [6.45, 7) is 1.02. The number of methoxy groups -OCH3 is 4. The van der Waals surface area contributed by atoms with Crippen molar-refractivity contribution in [3.8, 4) is 23.3 Å². The molecule has 11 nitrogen and oxygen atoms in total. The van der Waals surface area contributed by atoms with E-state index in [-0.39, 0.29) is 17.5 Å².